The van der Waals surface area contributed by atoms with Crippen molar-refractivity contribution in [1.29, 1.82) is 0 Å². The zero-order valence-corrected chi connectivity index (χ0v) is 12.3. The van der Waals surface area contributed by atoms with Gasteiger partial charge >= 0.3 is 0 Å². The molecule has 0 radical (unpaired) electrons. The van der Waals surface area contributed by atoms with E-state index >= 15 is 0 Å². The fraction of sp³-hybridized carbons (Fsp3) is 0.500. The van der Waals surface area contributed by atoms with E-state index in [0.29, 0.717) is 18.9 Å². The Balaban J connectivity index is 1.72. The van der Waals surface area contributed by atoms with Crippen LogP contribution in [0.3, 0.4) is 0 Å². The standard InChI is InChI=1S/C16H21N3O2/c1-21-9-6-15(20)19-8-3-5-13(11-19)14-10-12-4-2-7-17-16(12)18-14/h2,4,7,10,13H,3,5-6,8-9,11H2,1H3,(H,17,18)/t13-/m0/s1. The smallest absolute Gasteiger partial charge is 0.224 e. The average Bonchev–Trinajstić information content (AvgIpc) is 2.97. The van der Waals surface area contributed by atoms with E-state index in [-0.39, 0.29) is 5.91 Å². The molecule has 3 rings (SSSR count). The first-order valence-corrected chi connectivity index (χ1v) is 7.48. The lowest BCUT2D eigenvalue weighted by Crippen LogP contribution is -2.39. The van der Waals surface area contributed by atoms with E-state index in [4.69, 9.17) is 4.74 Å². The van der Waals surface area contributed by atoms with E-state index in [1.165, 1.54) is 5.69 Å². The van der Waals surface area contributed by atoms with Crippen molar-refractivity contribution >= 4 is 16.9 Å². The summed E-state index contributed by atoms with van der Waals surface area (Å²) >= 11 is 0. The van der Waals surface area contributed by atoms with Crippen molar-refractivity contribution in [1.82, 2.24) is 14.9 Å². The minimum absolute atomic E-state index is 0.191. The molecule has 2 aromatic heterocycles. The fourth-order valence-electron chi connectivity index (χ4n) is 3.00. The second kappa shape index (κ2) is 6.26. The number of rotatable bonds is 4. The summed E-state index contributed by atoms with van der Waals surface area (Å²) in [6, 6.07) is 6.17. The summed E-state index contributed by atoms with van der Waals surface area (Å²) in [6.07, 6.45) is 4.43. The van der Waals surface area contributed by atoms with Gasteiger partial charge in [0.05, 0.1) is 13.0 Å². The van der Waals surface area contributed by atoms with E-state index in [1.807, 2.05) is 11.0 Å². The predicted molar refractivity (Wildman–Crippen MR) is 81.1 cm³/mol. The number of methoxy groups -OCH3 is 1. The van der Waals surface area contributed by atoms with Crippen molar-refractivity contribution < 1.29 is 9.53 Å². The maximum absolute atomic E-state index is 12.1. The number of fused-ring (bicyclic) bond motifs is 1. The Morgan fingerprint density at radius 1 is 1.57 bits per heavy atom. The van der Waals surface area contributed by atoms with Crippen molar-refractivity contribution in [3.8, 4) is 0 Å². The van der Waals surface area contributed by atoms with Crippen molar-refractivity contribution in [3.05, 3.63) is 30.1 Å². The molecule has 3 heterocycles. The molecule has 1 aliphatic heterocycles. The van der Waals surface area contributed by atoms with Gasteiger partial charge in [0.1, 0.15) is 5.65 Å². The molecule has 2 aromatic rings. The third kappa shape index (κ3) is 3.08. The molecule has 0 unspecified atom stereocenters. The summed E-state index contributed by atoms with van der Waals surface area (Å²) in [5.41, 5.74) is 2.11. The third-order valence-electron chi connectivity index (χ3n) is 4.15. The Hall–Kier alpha value is -1.88. The highest BCUT2D eigenvalue weighted by atomic mass is 16.5. The van der Waals surface area contributed by atoms with Crippen molar-refractivity contribution in [2.45, 2.75) is 25.2 Å². The number of ether oxygens (including phenoxy) is 1. The molecule has 1 N–H and O–H groups in total. The van der Waals surface area contributed by atoms with Crippen LogP contribution in [0.5, 0.6) is 0 Å². The number of piperidine rings is 1. The SMILES string of the molecule is COCCC(=O)N1CCC[C@H](c2cc3cccnc3[nH]2)C1. The number of nitrogens with one attached hydrogen (secondary N) is 1. The van der Waals surface area contributed by atoms with Crippen LogP contribution in [0.1, 0.15) is 30.9 Å². The summed E-state index contributed by atoms with van der Waals surface area (Å²) in [4.78, 5) is 21.8. The molecule has 0 aromatic carbocycles. The molecule has 1 saturated heterocycles. The minimum Gasteiger partial charge on any atom is -0.384 e. The summed E-state index contributed by atoms with van der Waals surface area (Å²) in [7, 11) is 1.63. The lowest BCUT2D eigenvalue weighted by atomic mass is 9.94. The van der Waals surface area contributed by atoms with Crippen LogP contribution in [0.25, 0.3) is 11.0 Å². The van der Waals surface area contributed by atoms with Gasteiger partial charge in [-0.1, -0.05) is 0 Å². The molecule has 1 fully saturated rings. The number of aromatic nitrogens is 2. The van der Waals surface area contributed by atoms with Gasteiger partial charge in [-0.3, -0.25) is 4.79 Å². The van der Waals surface area contributed by atoms with Gasteiger partial charge in [-0.15, -0.1) is 0 Å². The quantitative estimate of drug-likeness (QED) is 0.938. The van der Waals surface area contributed by atoms with E-state index in [9.17, 15) is 4.79 Å². The number of carbonyl (C=O) groups is 1. The second-order valence-corrected chi connectivity index (χ2v) is 5.59. The number of H-pyrrole nitrogens is 1. The van der Waals surface area contributed by atoms with Gasteiger partial charge in [0.25, 0.3) is 0 Å². The molecular weight excluding hydrogens is 266 g/mol. The van der Waals surface area contributed by atoms with Gasteiger partial charge in [0, 0.05) is 43.4 Å². The Labute approximate surface area is 124 Å². The maximum atomic E-state index is 12.1. The molecule has 0 spiro atoms. The molecule has 1 aliphatic rings. The first-order chi connectivity index (χ1) is 10.3. The molecule has 0 aliphatic carbocycles. The molecule has 112 valence electrons. The van der Waals surface area contributed by atoms with Crippen molar-refractivity contribution in [2.24, 2.45) is 0 Å². The van der Waals surface area contributed by atoms with Gasteiger partial charge in [-0.2, -0.15) is 0 Å². The third-order valence-corrected chi connectivity index (χ3v) is 4.15. The number of aromatic amines is 1. The van der Waals surface area contributed by atoms with Crippen molar-refractivity contribution in [3.63, 3.8) is 0 Å². The van der Waals surface area contributed by atoms with Crippen LogP contribution in [0.4, 0.5) is 0 Å². The van der Waals surface area contributed by atoms with Crippen LogP contribution in [0.15, 0.2) is 24.4 Å². The molecule has 1 atom stereocenters. The largest absolute Gasteiger partial charge is 0.384 e. The number of hydrogen-bond donors (Lipinski definition) is 1. The molecule has 21 heavy (non-hydrogen) atoms. The molecule has 0 saturated carbocycles. The zero-order valence-electron chi connectivity index (χ0n) is 12.3. The maximum Gasteiger partial charge on any atom is 0.224 e. The van der Waals surface area contributed by atoms with Crippen molar-refractivity contribution in [2.75, 3.05) is 26.8 Å². The first-order valence-electron chi connectivity index (χ1n) is 7.48. The highest BCUT2D eigenvalue weighted by Gasteiger charge is 2.25. The van der Waals surface area contributed by atoms with Gasteiger partial charge in [0.15, 0.2) is 0 Å². The number of carbonyl (C=O) groups excluding carboxylic acids is 1. The lowest BCUT2D eigenvalue weighted by molar-refractivity contribution is -0.133. The topological polar surface area (TPSA) is 58.2 Å². The minimum atomic E-state index is 0.191. The summed E-state index contributed by atoms with van der Waals surface area (Å²) in [6.45, 7) is 2.14. The first kappa shape index (κ1) is 14.1. The Kier molecular flexibility index (Phi) is 4.20. The molecule has 5 heteroatoms. The normalized spacial score (nSPS) is 19.1. The molecular formula is C16H21N3O2. The monoisotopic (exact) mass is 287 g/mol. The lowest BCUT2D eigenvalue weighted by Gasteiger charge is -2.32. The molecule has 5 nitrogen and oxygen atoms in total. The van der Waals surface area contributed by atoms with E-state index in [0.717, 1.165) is 37.0 Å². The number of amides is 1. The number of pyridine rings is 1. The van der Waals surface area contributed by atoms with Crippen LogP contribution in [-0.4, -0.2) is 47.6 Å². The van der Waals surface area contributed by atoms with E-state index < -0.39 is 0 Å². The summed E-state index contributed by atoms with van der Waals surface area (Å²) < 4.78 is 4.99. The Bertz CT molecular complexity index is 590. The highest BCUT2D eigenvalue weighted by Crippen LogP contribution is 2.28. The Morgan fingerprint density at radius 3 is 3.29 bits per heavy atom. The molecule has 1 amide bonds. The van der Waals surface area contributed by atoms with E-state index in [1.54, 1.807) is 13.3 Å². The van der Waals surface area contributed by atoms with E-state index in [2.05, 4.69) is 22.1 Å². The van der Waals surface area contributed by atoms with Gasteiger partial charge in [0.2, 0.25) is 5.91 Å². The highest BCUT2D eigenvalue weighted by molar-refractivity contribution is 5.77. The molecule has 0 bridgehead atoms. The number of likely N-dealkylation sites (tertiary alicyclic amines) is 1. The average molecular weight is 287 g/mol. The van der Waals surface area contributed by atoms with Crippen LogP contribution in [-0.2, 0) is 9.53 Å². The van der Waals surface area contributed by atoms with Gasteiger partial charge in [-0.25, -0.2) is 4.98 Å². The van der Waals surface area contributed by atoms with Crippen LogP contribution < -0.4 is 0 Å². The van der Waals surface area contributed by atoms with Gasteiger partial charge in [-0.05, 0) is 31.0 Å². The summed E-state index contributed by atoms with van der Waals surface area (Å²) in [5.74, 6) is 0.565. The number of hydrogen-bond acceptors (Lipinski definition) is 3. The fourth-order valence-corrected chi connectivity index (χ4v) is 3.00. The predicted octanol–water partition coefficient (Wildman–Crippen LogP) is 2.31. The van der Waals surface area contributed by atoms with Crippen LogP contribution in [0.2, 0.25) is 0 Å². The number of nitrogens with zero attached hydrogens (tertiary/aromatic N) is 2. The second-order valence-electron chi connectivity index (χ2n) is 5.59. The Morgan fingerprint density at radius 2 is 2.48 bits per heavy atom. The summed E-state index contributed by atoms with van der Waals surface area (Å²) in [5, 5.41) is 1.13. The zero-order chi connectivity index (χ0) is 14.7. The van der Waals surface area contributed by atoms with Crippen LogP contribution in [0, 0.1) is 0 Å². The van der Waals surface area contributed by atoms with Gasteiger partial charge < -0.3 is 14.6 Å². The van der Waals surface area contributed by atoms with Crippen LogP contribution >= 0.6 is 0 Å².